The number of benzene rings is 1. The van der Waals surface area contributed by atoms with Gasteiger partial charge >= 0.3 is 6.01 Å². The van der Waals surface area contributed by atoms with E-state index in [1.165, 1.54) is 6.42 Å². The molecule has 0 amide bonds. The summed E-state index contributed by atoms with van der Waals surface area (Å²) in [6, 6.07) is 8.28. The highest BCUT2D eigenvalue weighted by Crippen LogP contribution is 2.22. The van der Waals surface area contributed by atoms with Crippen molar-refractivity contribution >= 4 is 0 Å². The molecule has 0 radical (unpaired) electrons. The molecule has 0 saturated heterocycles. The van der Waals surface area contributed by atoms with Crippen molar-refractivity contribution in [3.05, 3.63) is 42.2 Å². The molecule has 1 heterocycles. The predicted molar refractivity (Wildman–Crippen MR) is 87.7 cm³/mol. The molecular weight excluding hydrogens is 276 g/mol. The fourth-order valence-corrected chi connectivity index (χ4v) is 2.19. The third-order valence-corrected chi connectivity index (χ3v) is 3.62. The van der Waals surface area contributed by atoms with Crippen LogP contribution >= 0.6 is 0 Å². The van der Waals surface area contributed by atoms with Crippen LogP contribution in [0.4, 0.5) is 0 Å². The Morgan fingerprint density at radius 3 is 2.27 bits per heavy atom. The van der Waals surface area contributed by atoms with E-state index in [-0.39, 0.29) is 0 Å². The number of nitrogens with zero attached hydrogens (tertiary/aromatic N) is 2. The lowest BCUT2D eigenvalue weighted by molar-refractivity contribution is 0.173. The number of hydrogen-bond donors (Lipinski definition) is 1. The first-order chi connectivity index (χ1) is 10.7. The van der Waals surface area contributed by atoms with Gasteiger partial charge in [0.2, 0.25) is 0 Å². The van der Waals surface area contributed by atoms with Crippen LogP contribution in [0.3, 0.4) is 0 Å². The largest absolute Gasteiger partial charge is 0.463 e. The normalized spacial score (nSPS) is 12.1. The van der Waals surface area contributed by atoms with Crippen molar-refractivity contribution in [3.8, 4) is 17.1 Å². The van der Waals surface area contributed by atoms with Gasteiger partial charge in [0.25, 0.3) is 0 Å². The van der Waals surface area contributed by atoms with Gasteiger partial charge in [-0.25, -0.2) is 9.97 Å². The third kappa shape index (κ3) is 4.53. The van der Waals surface area contributed by atoms with Crippen molar-refractivity contribution in [2.45, 2.75) is 45.6 Å². The molecule has 0 aliphatic rings. The van der Waals surface area contributed by atoms with Crippen LogP contribution in [0.2, 0.25) is 0 Å². The molecule has 118 valence electrons. The van der Waals surface area contributed by atoms with Crippen LogP contribution in [0.25, 0.3) is 11.1 Å². The first kappa shape index (κ1) is 16.4. The van der Waals surface area contributed by atoms with E-state index in [0.29, 0.717) is 19.0 Å². The van der Waals surface area contributed by atoms with E-state index in [4.69, 9.17) is 4.74 Å². The highest BCUT2D eigenvalue weighted by molar-refractivity contribution is 5.61. The minimum Gasteiger partial charge on any atom is -0.463 e. The van der Waals surface area contributed by atoms with E-state index in [0.717, 1.165) is 29.5 Å². The maximum atomic E-state index is 9.81. The van der Waals surface area contributed by atoms with Crippen molar-refractivity contribution in [1.29, 1.82) is 0 Å². The van der Waals surface area contributed by atoms with E-state index < -0.39 is 6.10 Å². The van der Waals surface area contributed by atoms with Gasteiger partial charge in [0.1, 0.15) is 0 Å². The van der Waals surface area contributed by atoms with Crippen molar-refractivity contribution < 1.29 is 9.84 Å². The molecule has 1 N–H and O–H groups in total. The first-order valence-electron chi connectivity index (χ1n) is 7.97. The number of hydrogen-bond acceptors (Lipinski definition) is 4. The highest BCUT2D eigenvalue weighted by Gasteiger charge is 2.06. The van der Waals surface area contributed by atoms with Crippen LogP contribution in [0, 0.1) is 0 Å². The first-order valence-corrected chi connectivity index (χ1v) is 7.97. The Kier molecular flexibility index (Phi) is 6.34. The lowest BCUT2D eigenvalue weighted by Crippen LogP contribution is -2.01. The smallest absolute Gasteiger partial charge is 0.316 e. The predicted octanol–water partition coefficient (Wildman–Crippen LogP) is 4.16. The van der Waals surface area contributed by atoms with Gasteiger partial charge in [-0.15, -0.1) is 0 Å². The fraction of sp³-hybridized carbons (Fsp3) is 0.444. The average Bonchev–Trinajstić information content (AvgIpc) is 2.59. The molecular formula is C18H24N2O2. The molecule has 2 aromatic rings. The Morgan fingerprint density at radius 2 is 1.68 bits per heavy atom. The summed E-state index contributed by atoms with van der Waals surface area (Å²) in [6.07, 6.45) is 7.22. The second kappa shape index (κ2) is 8.49. The molecule has 0 spiro atoms. The average molecular weight is 300 g/mol. The standard InChI is InChI=1S/C18H24N2O2/c1-3-5-6-11-22-18-19-12-16(13-20-18)14-7-9-15(10-8-14)17(21)4-2/h7-10,12-13,17,21H,3-6,11H2,1-2H3. The van der Waals surface area contributed by atoms with E-state index in [1.54, 1.807) is 12.4 Å². The van der Waals surface area contributed by atoms with Gasteiger partial charge in [-0.3, -0.25) is 0 Å². The Bertz CT molecular complexity index is 552. The maximum Gasteiger partial charge on any atom is 0.316 e. The molecule has 2 rings (SSSR count). The van der Waals surface area contributed by atoms with Gasteiger partial charge in [-0.05, 0) is 24.0 Å². The minimum absolute atomic E-state index is 0.399. The molecule has 0 aliphatic carbocycles. The molecule has 22 heavy (non-hydrogen) atoms. The van der Waals surface area contributed by atoms with Gasteiger partial charge in [-0.2, -0.15) is 0 Å². The summed E-state index contributed by atoms with van der Waals surface area (Å²) in [6.45, 7) is 4.79. The molecule has 0 fully saturated rings. The molecule has 4 heteroatoms. The summed E-state index contributed by atoms with van der Waals surface area (Å²) in [5, 5.41) is 9.81. The molecule has 0 bridgehead atoms. The molecule has 1 aromatic heterocycles. The van der Waals surface area contributed by atoms with E-state index in [1.807, 2.05) is 31.2 Å². The lowest BCUT2D eigenvalue weighted by atomic mass is 10.0. The summed E-state index contributed by atoms with van der Waals surface area (Å²) < 4.78 is 5.51. The van der Waals surface area contributed by atoms with Crippen LogP contribution in [-0.4, -0.2) is 21.7 Å². The number of rotatable bonds is 8. The molecule has 4 nitrogen and oxygen atoms in total. The second-order valence-electron chi connectivity index (χ2n) is 5.36. The zero-order valence-electron chi connectivity index (χ0n) is 13.3. The Hall–Kier alpha value is -1.94. The van der Waals surface area contributed by atoms with Gasteiger partial charge in [0, 0.05) is 18.0 Å². The van der Waals surface area contributed by atoms with E-state index in [2.05, 4.69) is 16.9 Å². The van der Waals surface area contributed by atoms with Gasteiger partial charge in [0.15, 0.2) is 0 Å². The van der Waals surface area contributed by atoms with Crippen LogP contribution in [-0.2, 0) is 0 Å². The van der Waals surface area contributed by atoms with Crippen molar-refractivity contribution in [1.82, 2.24) is 9.97 Å². The lowest BCUT2D eigenvalue weighted by Gasteiger charge is -2.09. The summed E-state index contributed by atoms with van der Waals surface area (Å²) >= 11 is 0. The Morgan fingerprint density at radius 1 is 1.00 bits per heavy atom. The van der Waals surface area contributed by atoms with Crippen LogP contribution in [0.1, 0.15) is 51.2 Å². The number of ether oxygens (including phenoxy) is 1. The van der Waals surface area contributed by atoms with Crippen molar-refractivity contribution in [3.63, 3.8) is 0 Å². The summed E-state index contributed by atoms with van der Waals surface area (Å²) in [7, 11) is 0. The van der Waals surface area contributed by atoms with Crippen LogP contribution in [0.15, 0.2) is 36.7 Å². The zero-order chi connectivity index (χ0) is 15.8. The number of unbranched alkanes of at least 4 members (excludes halogenated alkanes) is 2. The maximum absolute atomic E-state index is 9.81. The van der Waals surface area contributed by atoms with Gasteiger partial charge < -0.3 is 9.84 Å². The molecule has 1 atom stereocenters. The topological polar surface area (TPSA) is 55.2 Å². The Labute approximate surface area is 132 Å². The van der Waals surface area contributed by atoms with E-state index in [9.17, 15) is 5.11 Å². The molecule has 1 unspecified atom stereocenters. The summed E-state index contributed by atoms with van der Waals surface area (Å²) in [4.78, 5) is 8.49. The quantitative estimate of drug-likeness (QED) is 0.744. The van der Waals surface area contributed by atoms with Crippen LogP contribution < -0.4 is 4.74 Å². The molecule has 0 aliphatic heterocycles. The third-order valence-electron chi connectivity index (χ3n) is 3.62. The van der Waals surface area contributed by atoms with E-state index >= 15 is 0 Å². The SMILES string of the molecule is CCCCCOc1ncc(-c2ccc(C(O)CC)cc2)cn1. The fourth-order valence-electron chi connectivity index (χ4n) is 2.19. The summed E-state index contributed by atoms with van der Waals surface area (Å²) in [5.41, 5.74) is 2.91. The second-order valence-corrected chi connectivity index (χ2v) is 5.36. The van der Waals surface area contributed by atoms with Crippen LogP contribution in [0.5, 0.6) is 6.01 Å². The molecule has 0 saturated carbocycles. The molecule has 1 aromatic carbocycles. The minimum atomic E-state index is -0.399. The summed E-state index contributed by atoms with van der Waals surface area (Å²) in [5.74, 6) is 0. The zero-order valence-corrected chi connectivity index (χ0v) is 13.3. The van der Waals surface area contributed by atoms with Crippen molar-refractivity contribution in [2.24, 2.45) is 0 Å². The number of aromatic nitrogens is 2. The number of aliphatic hydroxyl groups excluding tert-OH is 1. The monoisotopic (exact) mass is 300 g/mol. The number of aliphatic hydroxyl groups is 1. The Balaban J connectivity index is 1.97. The van der Waals surface area contributed by atoms with Gasteiger partial charge in [0.05, 0.1) is 12.7 Å². The van der Waals surface area contributed by atoms with Gasteiger partial charge in [-0.1, -0.05) is 51.0 Å². The highest BCUT2D eigenvalue weighted by atomic mass is 16.5. The van der Waals surface area contributed by atoms with Crippen molar-refractivity contribution in [2.75, 3.05) is 6.61 Å².